The van der Waals surface area contributed by atoms with E-state index in [1.54, 1.807) is 12.1 Å². The third-order valence-electron chi connectivity index (χ3n) is 2.93. The monoisotopic (exact) mass is 471 g/mol. The van der Waals surface area contributed by atoms with Crippen molar-refractivity contribution >= 4 is 29.9 Å². The van der Waals surface area contributed by atoms with E-state index in [1.807, 2.05) is 19.9 Å². The summed E-state index contributed by atoms with van der Waals surface area (Å²) >= 11 is 0. The number of hydrogen-bond acceptors (Lipinski definition) is 2. The Morgan fingerprint density at radius 2 is 1.88 bits per heavy atom. The van der Waals surface area contributed by atoms with Crippen LogP contribution in [0.5, 0.6) is 5.75 Å². The Hall–Kier alpha value is -1.45. The first-order chi connectivity index (χ1) is 11.4. The normalized spacial score (nSPS) is 12.0. The zero-order valence-corrected chi connectivity index (χ0v) is 16.7. The van der Waals surface area contributed by atoms with Gasteiger partial charge in [0, 0.05) is 13.1 Å². The third kappa shape index (κ3) is 11.7. The SMILES string of the molecule is C/C=C/CCNC(=NCc1ccc(OCC(F)(F)F)cc1)NCC.I. The van der Waals surface area contributed by atoms with Crippen LogP contribution in [0, 0.1) is 0 Å². The Morgan fingerprint density at radius 3 is 2.44 bits per heavy atom. The molecule has 0 spiro atoms. The van der Waals surface area contributed by atoms with Gasteiger partial charge >= 0.3 is 6.18 Å². The van der Waals surface area contributed by atoms with Crippen LogP contribution in [-0.2, 0) is 6.54 Å². The van der Waals surface area contributed by atoms with E-state index in [1.165, 1.54) is 12.1 Å². The van der Waals surface area contributed by atoms with Crippen molar-refractivity contribution in [3.05, 3.63) is 42.0 Å². The summed E-state index contributed by atoms with van der Waals surface area (Å²) in [5.74, 6) is 0.899. The molecule has 0 atom stereocenters. The Bertz CT molecular complexity index is 531. The van der Waals surface area contributed by atoms with Gasteiger partial charge in [-0.3, -0.25) is 0 Å². The molecule has 1 rings (SSSR count). The van der Waals surface area contributed by atoms with Gasteiger partial charge in [0.15, 0.2) is 12.6 Å². The van der Waals surface area contributed by atoms with Crippen LogP contribution in [-0.4, -0.2) is 31.8 Å². The molecule has 8 heteroatoms. The van der Waals surface area contributed by atoms with Crippen LogP contribution in [0.4, 0.5) is 13.2 Å². The van der Waals surface area contributed by atoms with Gasteiger partial charge in [0.2, 0.25) is 0 Å². The van der Waals surface area contributed by atoms with Crippen LogP contribution in [0.2, 0.25) is 0 Å². The lowest BCUT2D eigenvalue weighted by atomic mass is 10.2. The van der Waals surface area contributed by atoms with E-state index < -0.39 is 12.8 Å². The summed E-state index contributed by atoms with van der Waals surface area (Å²) in [6, 6.07) is 6.45. The van der Waals surface area contributed by atoms with Crippen LogP contribution >= 0.6 is 24.0 Å². The highest BCUT2D eigenvalue weighted by atomic mass is 127. The van der Waals surface area contributed by atoms with Crippen LogP contribution in [0.25, 0.3) is 0 Å². The van der Waals surface area contributed by atoms with E-state index in [4.69, 9.17) is 0 Å². The smallest absolute Gasteiger partial charge is 0.422 e. The fourth-order valence-electron chi connectivity index (χ4n) is 1.81. The highest BCUT2D eigenvalue weighted by Crippen LogP contribution is 2.19. The number of nitrogens with zero attached hydrogens (tertiary/aromatic N) is 1. The number of nitrogens with one attached hydrogen (secondary N) is 2. The predicted octanol–water partition coefficient (Wildman–Crippen LogP) is 4.27. The van der Waals surface area contributed by atoms with Gasteiger partial charge in [0.05, 0.1) is 6.54 Å². The van der Waals surface area contributed by atoms with Gasteiger partial charge < -0.3 is 15.4 Å². The van der Waals surface area contributed by atoms with Crippen LogP contribution < -0.4 is 15.4 Å². The molecule has 0 heterocycles. The van der Waals surface area contributed by atoms with Crippen molar-refractivity contribution in [1.29, 1.82) is 0 Å². The zero-order valence-electron chi connectivity index (χ0n) is 14.4. The zero-order chi connectivity index (χ0) is 17.8. The number of benzene rings is 1. The molecule has 0 unspecified atom stereocenters. The highest BCUT2D eigenvalue weighted by Gasteiger charge is 2.28. The molecule has 2 N–H and O–H groups in total. The lowest BCUT2D eigenvalue weighted by Gasteiger charge is -2.11. The van der Waals surface area contributed by atoms with Gasteiger partial charge in [-0.15, -0.1) is 24.0 Å². The quantitative estimate of drug-likeness (QED) is 0.196. The average molecular weight is 471 g/mol. The first-order valence-electron chi connectivity index (χ1n) is 7.86. The molecule has 0 aliphatic rings. The van der Waals surface area contributed by atoms with Crippen molar-refractivity contribution in [2.45, 2.75) is 33.0 Å². The summed E-state index contributed by atoms with van der Waals surface area (Å²) in [6.07, 6.45) is 0.638. The Kier molecular flexibility index (Phi) is 12.1. The summed E-state index contributed by atoms with van der Waals surface area (Å²) in [5, 5.41) is 6.36. The van der Waals surface area contributed by atoms with E-state index in [0.29, 0.717) is 12.5 Å². The van der Waals surface area contributed by atoms with E-state index in [-0.39, 0.29) is 29.7 Å². The Labute approximate surface area is 164 Å². The van der Waals surface area contributed by atoms with Crippen molar-refractivity contribution in [3.63, 3.8) is 0 Å². The topological polar surface area (TPSA) is 45.7 Å². The van der Waals surface area contributed by atoms with Crippen molar-refractivity contribution in [1.82, 2.24) is 10.6 Å². The Morgan fingerprint density at radius 1 is 1.20 bits per heavy atom. The molecule has 1 aromatic carbocycles. The van der Waals surface area contributed by atoms with Gasteiger partial charge in [-0.1, -0.05) is 24.3 Å². The molecule has 4 nitrogen and oxygen atoms in total. The summed E-state index contributed by atoms with van der Waals surface area (Å²) in [5.41, 5.74) is 0.889. The summed E-state index contributed by atoms with van der Waals surface area (Å²) < 4.78 is 40.9. The van der Waals surface area contributed by atoms with E-state index in [2.05, 4.69) is 26.4 Å². The fraction of sp³-hybridized carbons (Fsp3) is 0.471. The van der Waals surface area contributed by atoms with Gasteiger partial charge in [-0.25, -0.2) is 4.99 Å². The molecule has 0 amide bonds. The molecule has 25 heavy (non-hydrogen) atoms. The second-order valence-electron chi connectivity index (χ2n) is 5.03. The summed E-state index contributed by atoms with van der Waals surface area (Å²) in [6.45, 7) is 4.63. The molecule has 142 valence electrons. The molecule has 0 radical (unpaired) electrons. The molecule has 0 aromatic heterocycles. The van der Waals surface area contributed by atoms with Gasteiger partial charge in [0.25, 0.3) is 0 Å². The maximum Gasteiger partial charge on any atom is 0.422 e. The van der Waals surface area contributed by atoms with E-state index in [0.717, 1.165) is 25.1 Å². The minimum atomic E-state index is -4.33. The maximum absolute atomic E-state index is 12.1. The minimum Gasteiger partial charge on any atom is -0.484 e. The molecular weight excluding hydrogens is 446 g/mol. The fourth-order valence-corrected chi connectivity index (χ4v) is 1.81. The lowest BCUT2D eigenvalue weighted by Crippen LogP contribution is -2.37. The number of guanidine groups is 1. The van der Waals surface area contributed by atoms with E-state index in [9.17, 15) is 13.2 Å². The molecule has 1 aromatic rings. The van der Waals surface area contributed by atoms with Crippen molar-refractivity contribution in [2.24, 2.45) is 4.99 Å². The summed E-state index contributed by atoms with van der Waals surface area (Å²) in [4.78, 5) is 4.45. The number of rotatable bonds is 8. The number of halogens is 4. The van der Waals surface area contributed by atoms with E-state index >= 15 is 0 Å². The molecule has 0 saturated heterocycles. The van der Waals surface area contributed by atoms with Crippen molar-refractivity contribution < 1.29 is 17.9 Å². The third-order valence-corrected chi connectivity index (χ3v) is 2.93. The molecule has 0 aliphatic heterocycles. The van der Waals surface area contributed by atoms with Crippen LogP contribution in [0.15, 0.2) is 41.4 Å². The largest absolute Gasteiger partial charge is 0.484 e. The highest BCUT2D eigenvalue weighted by molar-refractivity contribution is 14.0. The molecule has 0 fully saturated rings. The van der Waals surface area contributed by atoms with Gasteiger partial charge in [-0.2, -0.15) is 13.2 Å². The molecule has 0 aliphatic carbocycles. The first-order valence-corrected chi connectivity index (χ1v) is 7.86. The van der Waals surface area contributed by atoms with Gasteiger partial charge in [0.1, 0.15) is 5.75 Å². The minimum absolute atomic E-state index is 0. The van der Waals surface area contributed by atoms with Crippen LogP contribution in [0.3, 0.4) is 0 Å². The lowest BCUT2D eigenvalue weighted by molar-refractivity contribution is -0.153. The summed E-state index contributed by atoms with van der Waals surface area (Å²) in [7, 11) is 0. The second kappa shape index (κ2) is 12.8. The first kappa shape index (κ1) is 23.5. The van der Waals surface area contributed by atoms with Crippen molar-refractivity contribution in [3.8, 4) is 5.75 Å². The number of allylic oxidation sites excluding steroid dienone is 1. The number of ether oxygens (including phenoxy) is 1. The average Bonchev–Trinajstić information content (AvgIpc) is 2.55. The number of aliphatic imine (C=N–C) groups is 1. The second-order valence-corrected chi connectivity index (χ2v) is 5.03. The molecule has 0 bridgehead atoms. The number of alkyl halides is 3. The number of hydrogen-bond donors (Lipinski definition) is 2. The van der Waals surface area contributed by atoms with Crippen molar-refractivity contribution in [2.75, 3.05) is 19.7 Å². The maximum atomic E-state index is 12.1. The predicted molar refractivity (Wildman–Crippen MR) is 106 cm³/mol. The standard InChI is InChI=1S/C17H24F3N3O.HI/c1-3-5-6-11-22-16(21-4-2)23-12-14-7-9-15(10-8-14)24-13-17(18,19)20;/h3,5,7-10H,4,6,11-13H2,1-2H3,(H2,21,22,23);1H/b5-3+;. The molecule has 0 saturated carbocycles. The van der Waals surface area contributed by atoms with Crippen LogP contribution in [0.1, 0.15) is 25.8 Å². The molecular formula is C17H25F3IN3O. The Balaban J connectivity index is 0.00000576. The van der Waals surface area contributed by atoms with Gasteiger partial charge in [-0.05, 0) is 38.0 Å².